The molecule has 2 heterocycles. The summed E-state index contributed by atoms with van der Waals surface area (Å²) in [5.41, 5.74) is 1.84. The molecular weight excluding hydrogens is 280 g/mol. The summed E-state index contributed by atoms with van der Waals surface area (Å²) in [4.78, 5) is 17.2. The number of thiophene rings is 1. The Kier molecular flexibility index (Phi) is 4.93. The van der Waals surface area contributed by atoms with Gasteiger partial charge in [-0.1, -0.05) is 17.7 Å². The fourth-order valence-corrected chi connectivity index (χ4v) is 2.79. The van der Waals surface area contributed by atoms with Crippen molar-refractivity contribution in [3.05, 3.63) is 50.9 Å². The van der Waals surface area contributed by atoms with Crippen LogP contribution in [0.15, 0.2) is 30.3 Å². The van der Waals surface area contributed by atoms with Gasteiger partial charge in [0, 0.05) is 17.0 Å². The third-order valence-electron chi connectivity index (χ3n) is 2.64. The Morgan fingerprint density at radius 3 is 2.89 bits per heavy atom. The van der Waals surface area contributed by atoms with E-state index in [9.17, 15) is 4.79 Å². The molecule has 2 aromatic heterocycles. The van der Waals surface area contributed by atoms with Gasteiger partial charge >= 0.3 is 0 Å². The molecule has 0 saturated heterocycles. The minimum Gasteiger partial charge on any atom is -0.350 e. The highest BCUT2D eigenvalue weighted by Gasteiger charge is 2.04. The molecule has 1 amide bonds. The van der Waals surface area contributed by atoms with Crippen LogP contribution in [0, 0.1) is 6.92 Å². The first kappa shape index (κ1) is 14.0. The van der Waals surface area contributed by atoms with Crippen LogP contribution in [-0.2, 0) is 17.8 Å². The van der Waals surface area contributed by atoms with Gasteiger partial charge in [0.1, 0.15) is 0 Å². The average Bonchev–Trinajstić information content (AvgIpc) is 2.80. The molecule has 0 radical (unpaired) electrons. The number of nitrogens with zero attached hydrogens (tertiary/aromatic N) is 1. The van der Waals surface area contributed by atoms with Gasteiger partial charge in [-0.25, -0.2) is 0 Å². The number of halogens is 1. The second-order valence-electron chi connectivity index (χ2n) is 4.25. The van der Waals surface area contributed by atoms with Gasteiger partial charge in [0.15, 0.2) is 0 Å². The van der Waals surface area contributed by atoms with E-state index in [-0.39, 0.29) is 5.91 Å². The van der Waals surface area contributed by atoms with Gasteiger partial charge < -0.3 is 5.32 Å². The van der Waals surface area contributed by atoms with Gasteiger partial charge in [-0.05, 0) is 37.6 Å². The number of nitrogens with one attached hydrogen (secondary N) is 1. The van der Waals surface area contributed by atoms with Crippen LogP contribution in [0.4, 0.5) is 0 Å². The number of aromatic nitrogens is 1. The average molecular weight is 295 g/mol. The first-order valence-electron chi connectivity index (χ1n) is 6.07. The molecule has 2 rings (SSSR count). The van der Waals surface area contributed by atoms with E-state index >= 15 is 0 Å². The summed E-state index contributed by atoms with van der Waals surface area (Å²) in [7, 11) is 0. The highest BCUT2D eigenvalue weighted by atomic mass is 35.5. The molecule has 0 atom stereocenters. The summed E-state index contributed by atoms with van der Waals surface area (Å²) in [5.74, 6) is 0.0350. The van der Waals surface area contributed by atoms with E-state index in [1.165, 1.54) is 11.3 Å². The molecule has 3 nitrogen and oxygen atoms in total. The quantitative estimate of drug-likeness (QED) is 0.919. The number of carbonyl (C=O) groups is 1. The van der Waals surface area contributed by atoms with Gasteiger partial charge in [-0.2, -0.15) is 0 Å². The van der Waals surface area contributed by atoms with Crippen LogP contribution in [0.2, 0.25) is 4.34 Å². The van der Waals surface area contributed by atoms with E-state index in [0.717, 1.165) is 27.0 Å². The molecule has 19 heavy (non-hydrogen) atoms. The summed E-state index contributed by atoms with van der Waals surface area (Å²) in [5, 5.41) is 2.87. The molecule has 100 valence electrons. The monoisotopic (exact) mass is 294 g/mol. The molecule has 2 aromatic rings. The molecule has 0 bridgehead atoms. The summed E-state index contributed by atoms with van der Waals surface area (Å²) in [6.45, 7) is 2.41. The Morgan fingerprint density at radius 1 is 1.37 bits per heavy atom. The van der Waals surface area contributed by atoms with E-state index in [1.54, 1.807) is 0 Å². The zero-order valence-corrected chi connectivity index (χ0v) is 12.2. The molecule has 1 N–H and O–H groups in total. The lowest BCUT2D eigenvalue weighted by molar-refractivity contribution is -0.121. The van der Waals surface area contributed by atoms with Crippen molar-refractivity contribution < 1.29 is 4.79 Å². The van der Waals surface area contributed by atoms with Crippen molar-refractivity contribution in [3.63, 3.8) is 0 Å². The Hall–Kier alpha value is -1.39. The van der Waals surface area contributed by atoms with Crippen molar-refractivity contribution in [2.75, 3.05) is 0 Å². The maximum absolute atomic E-state index is 11.7. The second kappa shape index (κ2) is 6.68. The van der Waals surface area contributed by atoms with Gasteiger partial charge in [0.25, 0.3) is 0 Å². The molecule has 0 saturated carbocycles. The van der Waals surface area contributed by atoms with Gasteiger partial charge in [0.05, 0.1) is 16.6 Å². The molecule has 0 fully saturated rings. The van der Waals surface area contributed by atoms with Crippen molar-refractivity contribution in [2.24, 2.45) is 0 Å². The van der Waals surface area contributed by atoms with Gasteiger partial charge in [-0.15, -0.1) is 11.3 Å². The number of pyridine rings is 1. The summed E-state index contributed by atoms with van der Waals surface area (Å²) < 4.78 is 0.763. The van der Waals surface area contributed by atoms with Crippen LogP contribution in [0.1, 0.15) is 22.7 Å². The Morgan fingerprint density at radius 2 is 2.21 bits per heavy atom. The number of carbonyl (C=O) groups excluding carboxylic acids is 1. The molecule has 0 unspecified atom stereocenters. The van der Waals surface area contributed by atoms with Gasteiger partial charge in [-0.3, -0.25) is 9.78 Å². The first-order chi connectivity index (χ1) is 9.13. The summed E-state index contributed by atoms with van der Waals surface area (Å²) in [6.07, 6.45) is 1.20. The van der Waals surface area contributed by atoms with Crippen LogP contribution in [-0.4, -0.2) is 10.9 Å². The number of amides is 1. The minimum absolute atomic E-state index is 0.0350. The smallest absolute Gasteiger partial charge is 0.220 e. The topological polar surface area (TPSA) is 42.0 Å². The number of rotatable bonds is 5. The highest BCUT2D eigenvalue weighted by molar-refractivity contribution is 7.16. The maximum atomic E-state index is 11.7. The fourth-order valence-electron chi connectivity index (χ4n) is 1.70. The Bertz CT molecular complexity index is 568. The maximum Gasteiger partial charge on any atom is 0.220 e. The Labute approximate surface area is 121 Å². The molecule has 0 spiro atoms. The molecular formula is C14H15ClN2OS. The minimum atomic E-state index is 0.0350. The van der Waals surface area contributed by atoms with Crippen molar-refractivity contribution in [3.8, 4) is 0 Å². The van der Waals surface area contributed by atoms with E-state index in [0.29, 0.717) is 13.0 Å². The first-order valence-corrected chi connectivity index (χ1v) is 7.26. The van der Waals surface area contributed by atoms with Crippen LogP contribution in [0.25, 0.3) is 0 Å². The molecule has 5 heteroatoms. The van der Waals surface area contributed by atoms with Crippen molar-refractivity contribution in [1.29, 1.82) is 0 Å². The summed E-state index contributed by atoms with van der Waals surface area (Å²) >= 11 is 7.36. The van der Waals surface area contributed by atoms with Crippen LogP contribution < -0.4 is 5.32 Å². The molecule has 0 aromatic carbocycles. The molecule has 0 aliphatic carbocycles. The van der Waals surface area contributed by atoms with Crippen molar-refractivity contribution in [2.45, 2.75) is 26.3 Å². The normalized spacial score (nSPS) is 10.4. The van der Waals surface area contributed by atoms with E-state index in [1.807, 2.05) is 37.3 Å². The second-order valence-corrected chi connectivity index (χ2v) is 6.05. The predicted octanol–water partition coefficient (Wildman–Crippen LogP) is 3.35. The SMILES string of the molecule is Cc1cccc(CNC(=O)CCc2ccc(Cl)s2)n1. The lowest BCUT2D eigenvalue weighted by Gasteiger charge is -2.04. The van der Waals surface area contributed by atoms with Crippen molar-refractivity contribution >= 4 is 28.8 Å². The molecule has 0 aliphatic heterocycles. The third kappa shape index (κ3) is 4.65. The molecule has 0 aliphatic rings. The fraction of sp³-hybridized carbons (Fsp3) is 0.286. The lowest BCUT2D eigenvalue weighted by Crippen LogP contribution is -2.23. The number of aryl methyl sites for hydroxylation is 2. The van der Waals surface area contributed by atoms with Crippen molar-refractivity contribution in [1.82, 2.24) is 10.3 Å². The lowest BCUT2D eigenvalue weighted by atomic mass is 10.2. The number of hydrogen-bond acceptors (Lipinski definition) is 3. The van der Waals surface area contributed by atoms with Crippen LogP contribution in [0.3, 0.4) is 0 Å². The standard InChI is InChI=1S/C14H15ClN2OS/c1-10-3-2-4-11(17-10)9-16-14(18)8-6-12-5-7-13(15)19-12/h2-5,7H,6,8-9H2,1H3,(H,16,18). The number of hydrogen-bond donors (Lipinski definition) is 1. The van der Waals surface area contributed by atoms with E-state index < -0.39 is 0 Å². The highest BCUT2D eigenvalue weighted by Crippen LogP contribution is 2.22. The van der Waals surface area contributed by atoms with Crippen LogP contribution in [0.5, 0.6) is 0 Å². The summed E-state index contributed by atoms with van der Waals surface area (Å²) in [6, 6.07) is 9.61. The van der Waals surface area contributed by atoms with E-state index in [2.05, 4.69) is 10.3 Å². The largest absolute Gasteiger partial charge is 0.350 e. The van der Waals surface area contributed by atoms with E-state index in [4.69, 9.17) is 11.6 Å². The van der Waals surface area contributed by atoms with Gasteiger partial charge in [0.2, 0.25) is 5.91 Å². The van der Waals surface area contributed by atoms with Crippen LogP contribution >= 0.6 is 22.9 Å². The zero-order chi connectivity index (χ0) is 13.7. The predicted molar refractivity (Wildman–Crippen MR) is 78.5 cm³/mol. The third-order valence-corrected chi connectivity index (χ3v) is 3.93. The zero-order valence-electron chi connectivity index (χ0n) is 10.6. The Balaban J connectivity index is 1.75.